The normalized spacial score (nSPS) is 14.9. The van der Waals surface area contributed by atoms with Crippen LogP contribution >= 0.6 is 11.6 Å². The van der Waals surface area contributed by atoms with Gasteiger partial charge in [-0.2, -0.15) is 9.78 Å². The van der Waals surface area contributed by atoms with Crippen molar-refractivity contribution in [1.82, 2.24) is 14.7 Å². The number of para-hydroxylation sites is 2. The Morgan fingerprint density at radius 2 is 1.68 bits per heavy atom. The molecule has 0 saturated carbocycles. The van der Waals surface area contributed by atoms with Crippen LogP contribution in [0, 0.1) is 0 Å². The number of likely N-dealkylation sites (tertiary alicyclic amines) is 1. The Hall–Kier alpha value is -3.16. The lowest BCUT2D eigenvalue weighted by Crippen LogP contribution is -2.42. The van der Waals surface area contributed by atoms with Gasteiger partial charge in [0, 0.05) is 24.8 Å². The lowest BCUT2D eigenvalue weighted by atomic mass is 10.0. The molecule has 0 radical (unpaired) electrons. The average Bonchev–Trinajstić information content (AvgIpc) is 2.79. The van der Waals surface area contributed by atoms with Crippen molar-refractivity contribution >= 4 is 28.9 Å². The third-order valence-electron chi connectivity index (χ3n) is 5.29. The first-order valence-corrected chi connectivity index (χ1v) is 10.6. The second-order valence-corrected chi connectivity index (χ2v) is 7.91. The highest BCUT2D eigenvalue weighted by molar-refractivity contribution is 6.33. The number of amides is 1. The summed E-state index contributed by atoms with van der Waals surface area (Å²) in [6, 6.07) is 18.8. The van der Waals surface area contributed by atoms with Crippen LogP contribution in [0.2, 0.25) is 5.02 Å². The minimum atomic E-state index is -0.354. The summed E-state index contributed by atoms with van der Waals surface area (Å²) in [6.07, 6.45) is 3.28. The first kappa shape index (κ1) is 21.1. The number of nitrogens with one attached hydrogen (secondary N) is 2. The van der Waals surface area contributed by atoms with Gasteiger partial charge in [0.05, 0.1) is 24.1 Å². The fourth-order valence-electron chi connectivity index (χ4n) is 3.67. The first-order chi connectivity index (χ1) is 15.1. The van der Waals surface area contributed by atoms with Crippen molar-refractivity contribution in [3.8, 4) is 5.69 Å². The van der Waals surface area contributed by atoms with Crippen molar-refractivity contribution in [3.05, 3.63) is 82.2 Å². The molecular formula is C23H24ClN5O2. The van der Waals surface area contributed by atoms with E-state index in [1.807, 2.05) is 60.7 Å². The Balaban J connectivity index is 1.31. The largest absolute Gasteiger partial charge is 0.380 e. The Bertz CT molecular complexity index is 1080. The van der Waals surface area contributed by atoms with Crippen LogP contribution in [-0.4, -0.2) is 46.3 Å². The summed E-state index contributed by atoms with van der Waals surface area (Å²) < 4.78 is 1.29. The molecule has 31 heavy (non-hydrogen) atoms. The minimum Gasteiger partial charge on any atom is -0.380 e. The second kappa shape index (κ2) is 9.76. The molecule has 1 fully saturated rings. The van der Waals surface area contributed by atoms with E-state index in [-0.39, 0.29) is 22.5 Å². The summed E-state index contributed by atoms with van der Waals surface area (Å²) >= 11 is 6.34. The zero-order chi connectivity index (χ0) is 21.6. The molecule has 1 aliphatic heterocycles. The first-order valence-electron chi connectivity index (χ1n) is 10.3. The number of hydrogen-bond acceptors (Lipinski definition) is 5. The topological polar surface area (TPSA) is 79.3 Å². The molecular weight excluding hydrogens is 414 g/mol. The van der Waals surface area contributed by atoms with E-state index in [0.717, 1.165) is 31.6 Å². The van der Waals surface area contributed by atoms with Gasteiger partial charge in [0.15, 0.2) is 0 Å². The van der Waals surface area contributed by atoms with Gasteiger partial charge in [-0.25, -0.2) is 0 Å². The van der Waals surface area contributed by atoms with Crippen LogP contribution in [0.15, 0.2) is 71.7 Å². The predicted octanol–water partition coefficient (Wildman–Crippen LogP) is 3.40. The van der Waals surface area contributed by atoms with Crippen LogP contribution in [0.4, 0.5) is 11.4 Å². The van der Waals surface area contributed by atoms with E-state index in [0.29, 0.717) is 17.9 Å². The van der Waals surface area contributed by atoms with Gasteiger partial charge in [0.25, 0.3) is 5.56 Å². The maximum Gasteiger partial charge on any atom is 0.292 e. The van der Waals surface area contributed by atoms with Gasteiger partial charge >= 0.3 is 0 Å². The zero-order valence-electron chi connectivity index (χ0n) is 17.0. The molecule has 0 atom stereocenters. The molecule has 1 saturated heterocycles. The van der Waals surface area contributed by atoms with Gasteiger partial charge in [-0.05, 0) is 37.1 Å². The fourth-order valence-corrected chi connectivity index (χ4v) is 3.85. The molecule has 1 amide bonds. The predicted molar refractivity (Wildman–Crippen MR) is 123 cm³/mol. The lowest BCUT2D eigenvalue weighted by Gasteiger charge is -2.32. The molecule has 160 valence electrons. The maximum absolute atomic E-state index is 12.6. The van der Waals surface area contributed by atoms with E-state index >= 15 is 0 Å². The molecule has 1 aliphatic rings. The van der Waals surface area contributed by atoms with E-state index in [2.05, 4.69) is 20.6 Å². The molecule has 0 bridgehead atoms. The molecule has 7 nitrogen and oxygen atoms in total. The highest BCUT2D eigenvalue weighted by atomic mass is 35.5. The van der Waals surface area contributed by atoms with Crippen molar-refractivity contribution in [1.29, 1.82) is 0 Å². The number of nitrogens with zero attached hydrogens (tertiary/aromatic N) is 3. The molecule has 0 unspecified atom stereocenters. The number of anilines is 2. The molecule has 2 heterocycles. The number of hydrogen-bond donors (Lipinski definition) is 2. The van der Waals surface area contributed by atoms with Gasteiger partial charge in [0.1, 0.15) is 5.02 Å². The molecule has 0 aliphatic carbocycles. The van der Waals surface area contributed by atoms with Crippen LogP contribution in [0.5, 0.6) is 0 Å². The highest BCUT2D eigenvalue weighted by Crippen LogP contribution is 2.21. The highest BCUT2D eigenvalue weighted by Gasteiger charge is 2.22. The smallest absolute Gasteiger partial charge is 0.292 e. The number of benzene rings is 2. The third-order valence-corrected chi connectivity index (χ3v) is 5.66. The van der Waals surface area contributed by atoms with Gasteiger partial charge in [-0.1, -0.05) is 48.0 Å². The Morgan fingerprint density at radius 1 is 1.03 bits per heavy atom. The standard InChI is InChI=1S/C23H24ClN5O2/c24-22-20(15-25-29(23(22)31)19-9-5-2-6-10-19)26-18-11-13-28(14-12-18)16-21(30)27-17-7-3-1-4-8-17/h1-10,15,18,26H,11-14,16H2,(H,27,30). The summed E-state index contributed by atoms with van der Waals surface area (Å²) in [7, 11) is 0. The number of piperidine rings is 1. The Morgan fingerprint density at radius 3 is 2.35 bits per heavy atom. The molecule has 8 heteroatoms. The number of rotatable bonds is 6. The van der Waals surface area contributed by atoms with E-state index < -0.39 is 0 Å². The summed E-state index contributed by atoms with van der Waals surface area (Å²) in [5.74, 6) is -0.0191. The molecule has 2 N–H and O–H groups in total. The maximum atomic E-state index is 12.6. The lowest BCUT2D eigenvalue weighted by molar-refractivity contribution is -0.117. The number of carbonyl (C=O) groups is 1. The number of halogens is 1. The van der Waals surface area contributed by atoms with Crippen LogP contribution < -0.4 is 16.2 Å². The van der Waals surface area contributed by atoms with E-state index in [4.69, 9.17) is 11.6 Å². The molecule has 4 rings (SSSR count). The van der Waals surface area contributed by atoms with Gasteiger partial charge in [0.2, 0.25) is 5.91 Å². The van der Waals surface area contributed by atoms with Crippen molar-refractivity contribution in [3.63, 3.8) is 0 Å². The van der Waals surface area contributed by atoms with Gasteiger partial charge in [-0.15, -0.1) is 0 Å². The number of carbonyl (C=O) groups excluding carboxylic acids is 1. The van der Waals surface area contributed by atoms with Crippen molar-refractivity contribution in [2.45, 2.75) is 18.9 Å². The molecule has 0 spiro atoms. The van der Waals surface area contributed by atoms with Crippen molar-refractivity contribution in [2.24, 2.45) is 0 Å². The van der Waals surface area contributed by atoms with E-state index in [1.165, 1.54) is 4.68 Å². The monoisotopic (exact) mass is 437 g/mol. The van der Waals surface area contributed by atoms with Crippen molar-refractivity contribution < 1.29 is 4.79 Å². The van der Waals surface area contributed by atoms with Gasteiger partial charge < -0.3 is 10.6 Å². The minimum absolute atomic E-state index is 0.0191. The Kier molecular flexibility index (Phi) is 6.64. The quantitative estimate of drug-likeness (QED) is 0.618. The summed E-state index contributed by atoms with van der Waals surface area (Å²) in [6.45, 7) is 1.93. The molecule has 2 aromatic carbocycles. The summed E-state index contributed by atoms with van der Waals surface area (Å²) in [5.41, 5.74) is 1.66. The van der Waals surface area contributed by atoms with Crippen LogP contribution in [0.1, 0.15) is 12.8 Å². The van der Waals surface area contributed by atoms with Crippen LogP contribution in [-0.2, 0) is 4.79 Å². The average molecular weight is 438 g/mol. The molecule has 1 aromatic heterocycles. The SMILES string of the molecule is O=C(CN1CCC(Nc2cnn(-c3ccccc3)c(=O)c2Cl)CC1)Nc1ccccc1. The van der Waals surface area contributed by atoms with Crippen LogP contribution in [0.3, 0.4) is 0 Å². The van der Waals surface area contributed by atoms with E-state index in [1.54, 1.807) is 6.20 Å². The molecule has 3 aromatic rings. The summed E-state index contributed by atoms with van der Waals surface area (Å²) in [4.78, 5) is 27.0. The van der Waals surface area contributed by atoms with E-state index in [9.17, 15) is 9.59 Å². The Labute approximate surface area is 185 Å². The van der Waals surface area contributed by atoms with Crippen LogP contribution in [0.25, 0.3) is 5.69 Å². The summed E-state index contributed by atoms with van der Waals surface area (Å²) in [5, 5.41) is 10.7. The van der Waals surface area contributed by atoms with Gasteiger partial charge in [-0.3, -0.25) is 14.5 Å². The fraction of sp³-hybridized carbons (Fsp3) is 0.261. The second-order valence-electron chi connectivity index (χ2n) is 7.53. The number of aromatic nitrogens is 2. The third kappa shape index (κ3) is 5.31. The zero-order valence-corrected chi connectivity index (χ0v) is 17.8. The van der Waals surface area contributed by atoms with Crippen molar-refractivity contribution in [2.75, 3.05) is 30.3 Å².